The van der Waals surface area contributed by atoms with E-state index in [0.717, 1.165) is 30.2 Å². The van der Waals surface area contributed by atoms with E-state index in [9.17, 15) is 4.79 Å². The minimum atomic E-state index is 0.129. The zero-order chi connectivity index (χ0) is 17.1. The van der Waals surface area contributed by atoms with Gasteiger partial charge in [0.1, 0.15) is 18.1 Å². The van der Waals surface area contributed by atoms with Crippen molar-refractivity contribution >= 4 is 5.91 Å². The Morgan fingerprint density at radius 2 is 2.12 bits per heavy atom. The van der Waals surface area contributed by atoms with Crippen LogP contribution in [-0.2, 0) is 11.3 Å². The van der Waals surface area contributed by atoms with Crippen LogP contribution in [0.4, 0.5) is 0 Å². The van der Waals surface area contributed by atoms with Crippen molar-refractivity contribution in [2.24, 2.45) is 0 Å². The lowest BCUT2D eigenvalue weighted by Gasteiger charge is -2.40. The molecule has 6 nitrogen and oxygen atoms in total. The fraction of sp³-hybridized carbons (Fsp3) is 0.444. The molecule has 2 heterocycles. The lowest BCUT2D eigenvalue weighted by molar-refractivity contribution is -0.134. The van der Waals surface area contributed by atoms with Gasteiger partial charge in [-0.25, -0.2) is 4.98 Å². The summed E-state index contributed by atoms with van der Waals surface area (Å²) in [5, 5.41) is 0. The van der Waals surface area contributed by atoms with Crippen molar-refractivity contribution in [3.05, 3.63) is 48.0 Å². The maximum absolute atomic E-state index is 12.7. The molecule has 0 radical (unpaired) electrons. The molecule has 1 saturated heterocycles. The summed E-state index contributed by atoms with van der Waals surface area (Å²) in [5.74, 6) is 1.86. The topological polar surface area (TPSA) is 50.6 Å². The van der Waals surface area contributed by atoms with Crippen LogP contribution in [0.3, 0.4) is 0 Å². The molecule has 1 atom stereocenters. The number of imidazole rings is 1. The third-order valence-electron chi connectivity index (χ3n) is 4.73. The molecule has 128 valence electrons. The second-order valence-electron chi connectivity index (χ2n) is 6.18. The van der Waals surface area contributed by atoms with Crippen LogP contribution >= 0.6 is 0 Å². The Morgan fingerprint density at radius 3 is 2.83 bits per heavy atom. The normalized spacial score (nSPS) is 18.6. The number of likely N-dealkylation sites (N-methyl/N-ethyl adjacent to an activating group) is 1. The number of ether oxygens (including phenoxy) is 1. The molecular formula is C18H24N4O2. The highest BCUT2D eigenvalue weighted by molar-refractivity contribution is 5.76. The van der Waals surface area contributed by atoms with Gasteiger partial charge in [0.25, 0.3) is 0 Å². The van der Waals surface area contributed by atoms with Crippen LogP contribution in [0.5, 0.6) is 5.75 Å². The fourth-order valence-corrected chi connectivity index (χ4v) is 3.19. The van der Waals surface area contributed by atoms with Crippen molar-refractivity contribution in [2.45, 2.75) is 19.5 Å². The Balaban J connectivity index is 1.75. The number of carbonyl (C=O) groups is 1. The van der Waals surface area contributed by atoms with Gasteiger partial charge in [-0.15, -0.1) is 0 Å². The minimum absolute atomic E-state index is 0.129. The second kappa shape index (κ2) is 7.05. The highest BCUT2D eigenvalue weighted by Gasteiger charge is 2.30. The molecule has 24 heavy (non-hydrogen) atoms. The molecule has 1 aliphatic heterocycles. The minimum Gasteiger partial charge on any atom is -0.496 e. The molecule has 0 saturated carbocycles. The average molecular weight is 328 g/mol. The summed E-state index contributed by atoms with van der Waals surface area (Å²) in [6.45, 7) is 4.51. The molecule has 0 spiro atoms. The van der Waals surface area contributed by atoms with Gasteiger partial charge in [-0.1, -0.05) is 18.2 Å². The van der Waals surface area contributed by atoms with E-state index in [1.807, 2.05) is 40.8 Å². The highest BCUT2D eigenvalue weighted by atomic mass is 16.5. The van der Waals surface area contributed by atoms with Crippen molar-refractivity contribution in [1.29, 1.82) is 0 Å². The molecule has 3 rings (SSSR count). The van der Waals surface area contributed by atoms with E-state index < -0.39 is 0 Å². The van der Waals surface area contributed by atoms with Crippen molar-refractivity contribution in [2.75, 3.05) is 33.8 Å². The first-order valence-electron chi connectivity index (χ1n) is 8.19. The first kappa shape index (κ1) is 16.5. The number of aryl methyl sites for hydroxylation is 1. The molecule has 0 bridgehead atoms. The van der Waals surface area contributed by atoms with Crippen LogP contribution in [0, 0.1) is 6.92 Å². The summed E-state index contributed by atoms with van der Waals surface area (Å²) in [6.07, 6.45) is 3.57. The van der Waals surface area contributed by atoms with E-state index in [1.165, 1.54) is 0 Å². The molecule has 1 aliphatic rings. The van der Waals surface area contributed by atoms with Crippen LogP contribution < -0.4 is 4.74 Å². The first-order chi connectivity index (χ1) is 11.6. The zero-order valence-electron chi connectivity index (χ0n) is 14.5. The summed E-state index contributed by atoms with van der Waals surface area (Å²) in [6, 6.07) is 8.17. The van der Waals surface area contributed by atoms with E-state index in [0.29, 0.717) is 13.1 Å². The van der Waals surface area contributed by atoms with Crippen molar-refractivity contribution < 1.29 is 9.53 Å². The van der Waals surface area contributed by atoms with Gasteiger partial charge in [0.2, 0.25) is 5.91 Å². The van der Waals surface area contributed by atoms with E-state index in [1.54, 1.807) is 13.3 Å². The average Bonchev–Trinajstić information content (AvgIpc) is 3.00. The first-order valence-corrected chi connectivity index (χ1v) is 8.19. The summed E-state index contributed by atoms with van der Waals surface area (Å²) >= 11 is 0. The van der Waals surface area contributed by atoms with Gasteiger partial charge in [0.15, 0.2) is 0 Å². The van der Waals surface area contributed by atoms with Gasteiger partial charge < -0.3 is 14.2 Å². The predicted octanol–water partition coefficient (Wildman–Crippen LogP) is 1.72. The number of para-hydroxylation sites is 1. The molecule has 1 aromatic carbocycles. The maximum Gasteiger partial charge on any atom is 0.242 e. The monoisotopic (exact) mass is 328 g/mol. The molecule has 2 aromatic rings. The van der Waals surface area contributed by atoms with Crippen molar-refractivity contribution in [3.8, 4) is 5.75 Å². The Morgan fingerprint density at radius 1 is 1.33 bits per heavy atom. The smallest absolute Gasteiger partial charge is 0.242 e. The molecule has 1 amide bonds. The predicted molar refractivity (Wildman–Crippen MR) is 91.9 cm³/mol. The van der Waals surface area contributed by atoms with Gasteiger partial charge in [-0.05, 0) is 20.0 Å². The molecule has 1 fully saturated rings. The number of carbonyl (C=O) groups excluding carboxylic acids is 1. The summed E-state index contributed by atoms with van der Waals surface area (Å²) < 4.78 is 7.39. The Kier molecular flexibility index (Phi) is 4.85. The van der Waals surface area contributed by atoms with Crippen molar-refractivity contribution in [3.63, 3.8) is 0 Å². The van der Waals surface area contributed by atoms with Crippen LogP contribution in [0.25, 0.3) is 0 Å². The lowest BCUT2D eigenvalue weighted by Crippen LogP contribution is -2.49. The molecule has 1 aromatic heterocycles. The lowest BCUT2D eigenvalue weighted by atomic mass is 10.0. The number of piperazine rings is 1. The highest BCUT2D eigenvalue weighted by Crippen LogP contribution is 2.31. The number of hydrogen-bond donors (Lipinski definition) is 0. The SMILES string of the molecule is COc1ccccc1C1CN(C(=O)Cn2ccnc2C)CCN1C. The van der Waals surface area contributed by atoms with Crippen LogP contribution in [0.1, 0.15) is 17.4 Å². The number of nitrogens with zero attached hydrogens (tertiary/aromatic N) is 4. The van der Waals surface area contributed by atoms with Gasteiger partial charge in [0, 0.05) is 37.6 Å². The molecule has 6 heteroatoms. The Bertz CT molecular complexity index is 713. The third kappa shape index (κ3) is 3.28. The third-order valence-corrected chi connectivity index (χ3v) is 4.73. The zero-order valence-corrected chi connectivity index (χ0v) is 14.5. The van der Waals surface area contributed by atoms with Gasteiger partial charge in [0.05, 0.1) is 13.2 Å². The summed E-state index contributed by atoms with van der Waals surface area (Å²) in [7, 11) is 3.78. The number of hydrogen-bond acceptors (Lipinski definition) is 4. The number of benzene rings is 1. The molecule has 1 unspecified atom stereocenters. The van der Waals surface area contributed by atoms with E-state index in [2.05, 4.69) is 23.0 Å². The fourth-order valence-electron chi connectivity index (χ4n) is 3.19. The number of rotatable bonds is 4. The van der Waals surface area contributed by atoms with Crippen LogP contribution in [0.2, 0.25) is 0 Å². The summed E-state index contributed by atoms with van der Waals surface area (Å²) in [5.41, 5.74) is 1.12. The number of aromatic nitrogens is 2. The molecular weight excluding hydrogens is 304 g/mol. The molecule has 0 aliphatic carbocycles. The van der Waals surface area contributed by atoms with Gasteiger partial charge in [-0.3, -0.25) is 9.69 Å². The van der Waals surface area contributed by atoms with Crippen molar-refractivity contribution in [1.82, 2.24) is 19.4 Å². The van der Waals surface area contributed by atoms with E-state index in [4.69, 9.17) is 4.74 Å². The van der Waals surface area contributed by atoms with E-state index >= 15 is 0 Å². The number of methoxy groups -OCH3 is 1. The standard InChI is InChI=1S/C18H24N4O2/c1-14-19-8-9-21(14)13-18(23)22-11-10-20(2)16(12-22)15-6-4-5-7-17(15)24-3/h4-9,16H,10-13H2,1-3H3. The van der Waals surface area contributed by atoms with Crippen LogP contribution in [-0.4, -0.2) is 59.0 Å². The van der Waals surface area contributed by atoms with Gasteiger partial charge in [-0.2, -0.15) is 0 Å². The quantitative estimate of drug-likeness (QED) is 0.857. The second-order valence-corrected chi connectivity index (χ2v) is 6.18. The number of amides is 1. The van der Waals surface area contributed by atoms with Crippen LogP contribution in [0.15, 0.2) is 36.7 Å². The Labute approximate surface area is 142 Å². The Hall–Kier alpha value is -2.34. The van der Waals surface area contributed by atoms with E-state index in [-0.39, 0.29) is 11.9 Å². The summed E-state index contributed by atoms with van der Waals surface area (Å²) in [4.78, 5) is 21.1. The maximum atomic E-state index is 12.7. The molecule has 0 N–H and O–H groups in total. The largest absolute Gasteiger partial charge is 0.496 e. The van der Waals surface area contributed by atoms with Gasteiger partial charge >= 0.3 is 0 Å².